The van der Waals surface area contributed by atoms with Gasteiger partial charge in [0.05, 0.1) is 13.5 Å². The van der Waals surface area contributed by atoms with Gasteiger partial charge < -0.3 is 9.84 Å². The maximum Gasteiger partial charge on any atom is 0.307 e. The second-order valence-electron chi connectivity index (χ2n) is 4.29. The van der Waals surface area contributed by atoms with Gasteiger partial charge in [-0.25, -0.2) is 0 Å². The minimum atomic E-state index is -0.145. The van der Waals surface area contributed by atoms with Crippen molar-refractivity contribution in [3.8, 4) is 0 Å². The van der Waals surface area contributed by atoms with E-state index >= 15 is 0 Å². The summed E-state index contributed by atoms with van der Waals surface area (Å²) in [4.78, 5) is 13.4. The number of ether oxygens (including phenoxy) is 1. The first-order valence-corrected chi connectivity index (χ1v) is 5.59. The number of methoxy groups -OCH3 is 1. The predicted molar refractivity (Wildman–Crippen MR) is 57.5 cm³/mol. The molecular formula is C11H21NO3. The lowest BCUT2D eigenvalue weighted by Crippen LogP contribution is -2.33. The van der Waals surface area contributed by atoms with Crippen LogP contribution >= 0.6 is 0 Å². The molecule has 4 nitrogen and oxygen atoms in total. The maximum absolute atomic E-state index is 11.1. The lowest BCUT2D eigenvalue weighted by atomic mass is 10.1. The van der Waals surface area contributed by atoms with Crippen LogP contribution in [0.5, 0.6) is 0 Å². The highest BCUT2D eigenvalue weighted by Gasteiger charge is 2.26. The van der Waals surface area contributed by atoms with Gasteiger partial charge in [-0.3, -0.25) is 9.69 Å². The zero-order chi connectivity index (χ0) is 11.3. The van der Waals surface area contributed by atoms with Crippen LogP contribution in [0.4, 0.5) is 0 Å². The molecular weight excluding hydrogens is 194 g/mol. The fourth-order valence-electron chi connectivity index (χ4n) is 2.13. The lowest BCUT2D eigenvalue weighted by molar-refractivity contribution is -0.141. The van der Waals surface area contributed by atoms with Gasteiger partial charge in [0.25, 0.3) is 0 Å². The van der Waals surface area contributed by atoms with Gasteiger partial charge in [-0.05, 0) is 32.2 Å². The average Bonchev–Trinajstić information content (AvgIpc) is 2.67. The molecule has 1 rings (SSSR count). The molecule has 0 aromatic heterocycles. The smallest absolute Gasteiger partial charge is 0.307 e. The van der Waals surface area contributed by atoms with Crippen LogP contribution in [-0.4, -0.2) is 48.8 Å². The molecule has 1 saturated heterocycles. The number of hydrogen-bond donors (Lipinski definition) is 1. The Morgan fingerprint density at radius 3 is 3.00 bits per heavy atom. The topological polar surface area (TPSA) is 49.8 Å². The van der Waals surface area contributed by atoms with Crippen molar-refractivity contribution in [2.24, 2.45) is 5.92 Å². The number of aliphatic hydroxyl groups excluding tert-OH is 1. The molecule has 1 N–H and O–H groups in total. The van der Waals surface area contributed by atoms with Gasteiger partial charge in [-0.2, -0.15) is 0 Å². The van der Waals surface area contributed by atoms with E-state index in [-0.39, 0.29) is 18.6 Å². The summed E-state index contributed by atoms with van der Waals surface area (Å²) in [5.74, 6) is 0.447. The summed E-state index contributed by atoms with van der Waals surface area (Å²) >= 11 is 0. The molecule has 0 saturated carbocycles. The zero-order valence-electron chi connectivity index (χ0n) is 9.61. The van der Waals surface area contributed by atoms with Crippen molar-refractivity contribution >= 4 is 5.97 Å². The lowest BCUT2D eigenvalue weighted by Gasteiger charge is -2.23. The average molecular weight is 215 g/mol. The van der Waals surface area contributed by atoms with Gasteiger partial charge in [-0.15, -0.1) is 0 Å². The molecule has 1 aliphatic rings. The van der Waals surface area contributed by atoms with E-state index in [9.17, 15) is 4.79 Å². The van der Waals surface area contributed by atoms with Crippen LogP contribution < -0.4 is 0 Å². The number of nitrogens with zero attached hydrogens (tertiary/aromatic N) is 1. The van der Waals surface area contributed by atoms with E-state index in [4.69, 9.17) is 5.11 Å². The number of carbonyl (C=O) groups is 1. The Morgan fingerprint density at radius 1 is 1.67 bits per heavy atom. The molecule has 4 heteroatoms. The van der Waals surface area contributed by atoms with Crippen molar-refractivity contribution in [3.05, 3.63) is 0 Å². The Morgan fingerprint density at radius 2 is 2.40 bits per heavy atom. The fourth-order valence-corrected chi connectivity index (χ4v) is 2.13. The highest BCUT2D eigenvalue weighted by Crippen LogP contribution is 2.22. The van der Waals surface area contributed by atoms with E-state index in [0.717, 1.165) is 25.9 Å². The van der Waals surface area contributed by atoms with Crippen LogP contribution in [0.1, 0.15) is 26.2 Å². The second-order valence-corrected chi connectivity index (χ2v) is 4.29. The van der Waals surface area contributed by atoms with E-state index in [1.165, 1.54) is 7.11 Å². The van der Waals surface area contributed by atoms with Crippen molar-refractivity contribution in [2.75, 3.05) is 26.8 Å². The van der Waals surface area contributed by atoms with E-state index < -0.39 is 0 Å². The molecule has 1 aliphatic heterocycles. The Hall–Kier alpha value is -0.610. The zero-order valence-corrected chi connectivity index (χ0v) is 9.61. The van der Waals surface area contributed by atoms with Crippen molar-refractivity contribution in [3.63, 3.8) is 0 Å². The normalized spacial score (nSPS) is 24.1. The van der Waals surface area contributed by atoms with Gasteiger partial charge in [-0.1, -0.05) is 0 Å². The Balaban J connectivity index is 2.29. The molecule has 1 heterocycles. The molecule has 1 fully saturated rings. The number of rotatable bonds is 5. The summed E-state index contributed by atoms with van der Waals surface area (Å²) in [7, 11) is 1.42. The van der Waals surface area contributed by atoms with Gasteiger partial charge in [0.15, 0.2) is 0 Å². The van der Waals surface area contributed by atoms with Crippen LogP contribution in [0.15, 0.2) is 0 Å². The van der Waals surface area contributed by atoms with Crippen LogP contribution in [0, 0.1) is 5.92 Å². The van der Waals surface area contributed by atoms with E-state index in [1.807, 2.05) is 0 Å². The summed E-state index contributed by atoms with van der Waals surface area (Å²) in [6, 6.07) is 0.251. The van der Waals surface area contributed by atoms with Crippen molar-refractivity contribution in [1.29, 1.82) is 0 Å². The van der Waals surface area contributed by atoms with Gasteiger partial charge in [0, 0.05) is 19.2 Å². The molecule has 0 aromatic rings. The van der Waals surface area contributed by atoms with Crippen molar-refractivity contribution in [1.82, 2.24) is 4.90 Å². The molecule has 0 aromatic carbocycles. The predicted octanol–water partition coefficient (Wildman–Crippen LogP) is 0.642. The monoisotopic (exact) mass is 215 g/mol. The van der Waals surface area contributed by atoms with Crippen LogP contribution in [0.3, 0.4) is 0 Å². The van der Waals surface area contributed by atoms with Gasteiger partial charge in [0.1, 0.15) is 0 Å². The SMILES string of the molecule is COC(=O)CC(C)N1CCC(CCO)C1. The molecule has 0 spiro atoms. The fraction of sp³-hybridized carbons (Fsp3) is 0.909. The van der Waals surface area contributed by atoms with E-state index in [0.29, 0.717) is 12.3 Å². The van der Waals surface area contributed by atoms with Gasteiger partial charge in [0.2, 0.25) is 0 Å². The van der Waals surface area contributed by atoms with Crippen LogP contribution in [0.25, 0.3) is 0 Å². The Kier molecular flexibility index (Phi) is 5.05. The summed E-state index contributed by atoms with van der Waals surface area (Å²) in [6.45, 7) is 4.35. The highest BCUT2D eigenvalue weighted by molar-refractivity contribution is 5.69. The minimum absolute atomic E-state index is 0.145. The number of carbonyl (C=O) groups excluding carboxylic acids is 1. The largest absolute Gasteiger partial charge is 0.469 e. The summed E-state index contributed by atoms with van der Waals surface area (Å²) in [6.07, 6.45) is 2.47. The molecule has 2 atom stereocenters. The number of hydrogen-bond acceptors (Lipinski definition) is 4. The first kappa shape index (κ1) is 12.5. The third kappa shape index (κ3) is 3.80. The second kappa shape index (κ2) is 6.08. The summed E-state index contributed by atoms with van der Waals surface area (Å²) < 4.78 is 4.65. The third-order valence-electron chi connectivity index (χ3n) is 3.17. The summed E-state index contributed by atoms with van der Waals surface area (Å²) in [5, 5.41) is 8.84. The molecule has 15 heavy (non-hydrogen) atoms. The van der Waals surface area contributed by atoms with Crippen molar-refractivity contribution < 1.29 is 14.6 Å². The molecule has 88 valence electrons. The number of esters is 1. The van der Waals surface area contributed by atoms with Gasteiger partial charge >= 0.3 is 5.97 Å². The number of likely N-dealkylation sites (tertiary alicyclic amines) is 1. The first-order chi connectivity index (χ1) is 7.17. The first-order valence-electron chi connectivity index (χ1n) is 5.59. The Bertz CT molecular complexity index is 208. The van der Waals surface area contributed by atoms with E-state index in [2.05, 4.69) is 16.6 Å². The molecule has 0 bridgehead atoms. The van der Waals surface area contributed by atoms with E-state index in [1.54, 1.807) is 0 Å². The molecule has 0 aliphatic carbocycles. The maximum atomic E-state index is 11.1. The third-order valence-corrected chi connectivity index (χ3v) is 3.17. The molecule has 0 radical (unpaired) electrons. The van der Waals surface area contributed by atoms with Crippen LogP contribution in [-0.2, 0) is 9.53 Å². The molecule has 2 unspecified atom stereocenters. The minimum Gasteiger partial charge on any atom is -0.469 e. The van der Waals surface area contributed by atoms with Crippen molar-refractivity contribution in [2.45, 2.75) is 32.2 Å². The highest BCUT2D eigenvalue weighted by atomic mass is 16.5. The Labute approximate surface area is 91.2 Å². The molecule has 0 amide bonds. The quantitative estimate of drug-likeness (QED) is 0.684. The number of aliphatic hydroxyl groups is 1. The van der Waals surface area contributed by atoms with Crippen LogP contribution in [0.2, 0.25) is 0 Å². The standard InChI is InChI=1S/C11H21NO3/c1-9(7-11(14)15-2)12-5-3-10(8-12)4-6-13/h9-10,13H,3-8H2,1-2H3. The summed E-state index contributed by atoms with van der Waals surface area (Å²) in [5.41, 5.74) is 0.